The number of benzene rings is 1. The summed E-state index contributed by atoms with van der Waals surface area (Å²) >= 11 is 3.44. The van der Waals surface area contributed by atoms with Crippen LogP contribution in [0.25, 0.3) is 0 Å². The molecule has 3 nitrogen and oxygen atoms in total. The van der Waals surface area contributed by atoms with Crippen molar-refractivity contribution in [2.45, 2.75) is 27.3 Å². The molecule has 0 spiro atoms. The molecule has 112 valence electrons. The minimum absolute atomic E-state index is 0.634. The Balaban J connectivity index is 2.07. The fourth-order valence-electron chi connectivity index (χ4n) is 2.02. The largest absolute Gasteiger partial charge is 0.439 e. The Kier molecular flexibility index (Phi) is 5.76. The molecule has 2 aromatic rings. The first-order valence-electron chi connectivity index (χ1n) is 7.14. The minimum atomic E-state index is 0.634. The molecule has 1 heterocycles. The lowest BCUT2D eigenvalue weighted by Gasteiger charge is -2.10. The number of nitrogens with zero attached hydrogens (tertiary/aromatic N) is 1. The Labute approximate surface area is 134 Å². The number of ether oxygens (including phenoxy) is 1. The third-order valence-corrected chi connectivity index (χ3v) is 3.38. The van der Waals surface area contributed by atoms with Crippen LogP contribution in [0.3, 0.4) is 0 Å². The molecule has 1 aromatic heterocycles. The normalized spacial score (nSPS) is 10.9. The van der Waals surface area contributed by atoms with Gasteiger partial charge in [0.25, 0.3) is 0 Å². The zero-order chi connectivity index (χ0) is 15.2. The van der Waals surface area contributed by atoms with Gasteiger partial charge in [-0.1, -0.05) is 35.8 Å². The molecule has 0 radical (unpaired) electrons. The summed E-state index contributed by atoms with van der Waals surface area (Å²) in [6, 6.07) is 11.8. The topological polar surface area (TPSA) is 34.1 Å². The van der Waals surface area contributed by atoms with Gasteiger partial charge in [0, 0.05) is 22.8 Å². The predicted octanol–water partition coefficient (Wildman–Crippen LogP) is 4.69. The average molecular weight is 349 g/mol. The van der Waals surface area contributed by atoms with Gasteiger partial charge in [0.15, 0.2) is 0 Å². The summed E-state index contributed by atoms with van der Waals surface area (Å²) < 4.78 is 6.83. The van der Waals surface area contributed by atoms with Crippen molar-refractivity contribution < 1.29 is 4.74 Å². The van der Waals surface area contributed by atoms with E-state index in [-0.39, 0.29) is 0 Å². The maximum Gasteiger partial charge on any atom is 0.219 e. The summed E-state index contributed by atoms with van der Waals surface area (Å²) in [6.45, 7) is 8.22. The molecular weight excluding hydrogens is 328 g/mol. The average Bonchev–Trinajstić information content (AvgIpc) is 2.37. The molecule has 1 aromatic carbocycles. The van der Waals surface area contributed by atoms with Crippen LogP contribution in [0.15, 0.2) is 40.9 Å². The number of halogens is 1. The molecular formula is C17H21BrN2O. The summed E-state index contributed by atoms with van der Waals surface area (Å²) in [7, 11) is 0. The van der Waals surface area contributed by atoms with Gasteiger partial charge < -0.3 is 10.1 Å². The Morgan fingerprint density at radius 2 is 2.05 bits per heavy atom. The van der Waals surface area contributed by atoms with Crippen LogP contribution in [-0.4, -0.2) is 11.5 Å². The van der Waals surface area contributed by atoms with Gasteiger partial charge in [-0.05, 0) is 49.2 Å². The summed E-state index contributed by atoms with van der Waals surface area (Å²) in [6.07, 6.45) is 0. The first-order chi connectivity index (χ1) is 10.0. The van der Waals surface area contributed by atoms with Crippen molar-refractivity contribution in [3.05, 3.63) is 52.1 Å². The van der Waals surface area contributed by atoms with Crippen molar-refractivity contribution in [2.24, 2.45) is 5.92 Å². The Hall–Kier alpha value is -1.39. The zero-order valence-corrected chi connectivity index (χ0v) is 14.3. The zero-order valence-electron chi connectivity index (χ0n) is 12.7. The van der Waals surface area contributed by atoms with Gasteiger partial charge in [0.05, 0.1) is 0 Å². The molecule has 2 rings (SSSR count). The van der Waals surface area contributed by atoms with Gasteiger partial charge in [-0.15, -0.1) is 0 Å². The van der Waals surface area contributed by atoms with Crippen LogP contribution < -0.4 is 10.1 Å². The molecule has 0 aliphatic rings. The molecule has 1 N–H and O–H groups in total. The standard InChI is InChI=1S/C17H21BrN2O/c1-12(2)10-19-11-14-7-13(3)20-17(8-14)21-16-6-4-5-15(18)9-16/h4-9,12,19H,10-11H2,1-3H3. The van der Waals surface area contributed by atoms with E-state index in [0.717, 1.165) is 29.0 Å². The molecule has 0 aliphatic carbocycles. The van der Waals surface area contributed by atoms with Gasteiger partial charge >= 0.3 is 0 Å². The molecule has 0 aliphatic heterocycles. The Bertz CT molecular complexity index is 599. The van der Waals surface area contributed by atoms with E-state index in [4.69, 9.17) is 4.74 Å². The van der Waals surface area contributed by atoms with Crippen LogP contribution in [0.5, 0.6) is 11.6 Å². The molecule has 0 bridgehead atoms. The van der Waals surface area contributed by atoms with Crippen LogP contribution in [0.2, 0.25) is 0 Å². The Morgan fingerprint density at radius 1 is 1.24 bits per heavy atom. The van der Waals surface area contributed by atoms with Crippen molar-refractivity contribution >= 4 is 15.9 Å². The Morgan fingerprint density at radius 3 is 2.76 bits per heavy atom. The maximum absolute atomic E-state index is 5.84. The third kappa shape index (κ3) is 5.48. The fourth-order valence-corrected chi connectivity index (χ4v) is 2.40. The first kappa shape index (κ1) is 16.0. The molecule has 0 fully saturated rings. The fraction of sp³-hybridized carbons (Fsp3) is 0.353. The highest BCUT2D eigenvalue weighted by atomic mass is 79.9. The number of rotatable bonds is 6. The number of nitrogens with one attached hydrogen (secondary N) is 1. The number of hydrogen-bond donors (Lipinski definition) is 1. The second-order valence-corrected chi connectivity index (χ2v) is 6.45. The van der Waals surface area contributed by atoms with Crippen molar-refractivity contribution in [3.63, 3.8) is 0 Å². The summed E-state index contributed by atoms with van der Waals surface area (Å²) in [5.41, 5.74) is 2.15. The van der Waals surface area contributed by atoms with E-state index in [1.54, 1.807) is 0 Å². The third-order valence-electron chi connectivity index (χ3n) is 2.89. The summed E-state index contributed by atoms with van der Waals surface area (Å²) in [5.74, 6) is 2.06. The van der Waals surface area contributed by atoms with Gasteiger partial charge in [-0.2, -0.15) is 0 Å². The first-order valence-corrected chi connectivity index (χ1v) is 7.94. The number of aryl methyl sites for hydroxylation is 1. The van der Waals surface area contributed by atoms with E-state index < -0.39 is 0 Å². The summed E-state index contributed by atoms with van der Waals surface area (Å²) in [4.78, 5) is 4.44. The van der Waals surface area contributed by atoms with Crippen LogP contribution >= 0.6 is 15.9 Å². The van der Waals surface area contributed by atoms with Crippen molar-refractivity contribution in [1.82, 2.24) is 10.3 Å². The maximum atomic E-state index is 5.84. The van der Waals surface area contributed by atoms with E-state index in [1.807, 2.05) is 37.3 Å². The van der Waals surface area contributed by atoms with Crippen LogP contribution in [-0.2, 0) is 6.54 Å². The lowest BCUT2D eigenvalue weighted by atomic mass is 10.2. The molecule has 21 heavy (non-hydrogen) atoms. The SMILES string of the molecule is Cc1cc(CNCC(C)C)cc(Oc2cccc(Br)c2)n1. The van der Waals surface area contributed by atoms with Crippen LogP contribution in [0.4, 0.5) is 0 Å². The van der Waals surface area contributed by atoms with E-state index in [9.17, 15) is 0 Å². The van der Waals surface area contributed by atoms with Gasteiger partial charge in [-0.3, -0.25) is 0 Å². The van der Waals surface area contributed by atoms with E-state index >= 15 is 0 Å². The minimum Gasteiger partial charge on any atom is -0.439 e. The molecule has 0 atom stereocenters. The van der Waals surface area contributed by atoms with Gasteiger partial charge in [0.2, 0.25) is 5.88 Å². The predicted molar refractivity (Wildman–Crippen MR) is 89.7 cm³/mol. The molecule has 4 heteroatoms. The van der Waals surface area contributed by atoms with E-state index in [2.05, 4.69) is 46.1 Å². The highest BCUT2D eigenvalue weighted by Gasteiger charge is 2.04. The number of hydrogen-bond acceptors (Lipinski definition) is 3. The smallest absolute Gasteiger partial charge is 0.219 e. The van der Waals surface area contributed by atoms with E-state index in [0.29, 0.717) is 11.8 Å². The van der Waals surface area contributed by atoms with Crippen molar-refractivity contribution in [1.29, 1.82) is 0 Å². The van der Waals surface area contributed by atoms with Crippen molar-refractivity contribution in [2.75, 3.05) is 6.54 Å². The monoisotopic (exact) mass is 348 g/mol. The summed E-state index contributed by atoms with van der Waals surface area (Å²) in [5, 5.41) is 3.44. The molecule has 0 saturated heterocycles. The van der Waals surface area contributed by atoms with Gasteiger partial charge in [-0.25, -0.2) is 4.98 Å². The number of aromatic nitrogens is 1. The molecule has 0 saturated carbocycles. The van der Waals surface area contributed by atoms with Gasteiger partial charge in [0.1, 0.15) is 5.75 Å². The molecule has 0 unspecified atom stereocenters. The highest BCUT2D eigenvalue weighted by Crippen LogP contribution is 2.24. The lowest BCUT2D eigenvalue weighted by molar-refractivity contribution is 0.459. The molecule has 0 amide bonds. The van der Waals surface area contributed by atoms with Crippen molar-refractivity contribution in [3.8, 4) is 11.6 Å². The second-order valence-electron chi connectivity index (χ2n) is 5.54. The second kappa shape index (κ2) is 7.57. The van der Waals surface area contributed by atoms with E-state index in [1.165, 1.54) is 5.56 Å². The highest BCUT2D eigenvalue weighted by molar-refractivity contribution is 9.10. The van der Waals surface area contributed by atoms with Crippen LogP contribution in [0.1, 0.15) is 25.1 Å². The van der Waals surface area contributed by atoms with Crippen LogP contribution in [0, 0.1) is 12.8 Å². The number of pyridine rings is 1. The quantitative estimate of drug-likeness (QED) is 0.822. The lowest BCUT2D eigenvalue weighted by Crippen LogP contribution is -2.19.